The first kappa shape index (κ1) is 14.5. The minimum absolute atomic E-state index is 0.169. The lowest BCUT2D eigenvalue weighted by atomic mass is 10.1. The zero-order valence-electron chi connectivity index (χ0n) is 12.7. The van der Waals surface area contributed by atoms with Gasteiger partial charge in [0.1, 0.15) is 5.56 Å². The van der Waals surface area contributed by atoms with Crippen LogP contribution in [-0.2, 0) is 0 Å². The molecule has 1 amide bonds. The van der Waals surface area contributed by atoms with Gasteiger partial charge in [0.25, 0.3) is 11.5 Å². The number of hydrogen-bond acceptors (Lipinski definition) is 3. The van der Waals surface area contributed by atoms with Crippen molar-refractivity contribution < 1.29 is 4.79 Å². The SMILES string of the molecule is CC(C1CC1)N(C)C(=O)c1ccc(-c2ccccn2)[nH]c1=O. The second-order valence-electron chi connectivity index (χ2n) is 5.82. The van der Waals surface area contributed by atoms with Crippen molar-refractivity contribution in [2.45, 2.75) is 25.8 Å². The van der Waals surface area contributed by atoms with Crippen LogP contribution < -0.4 is 5.56 Å². The van der Waals surface area contributed by atoms with Crippen LogP contribution in [0, 0.1) is 5.92 Å². The van der Waals surface area contributed by atoms with Crippen LogP contribution in [0.2, 0.25) is 0 Å². The molecule has 0 aliphatic heterocycles. The summed E-state index contributed by atoms with van der Waals surface area (Å²) in [5, 5.41) is 0. The maximum atomic E-state index is 12.5. The Morgan fingerprint density at radius 1 is 1.32 bits per heavy atom. The topological polar surface area (TPSA) is 66.1 Å². The lowest BCUT2D eigenvalue weighted by Crippen LogP contribution is -2.39. The van der Waals surface area contributed by atoms with Gasteiger partial charge in [0.05, 0.1) is 11.4 Å². The molecule has 5 heteroatoms. The lowest BCUT2D eigenvalue weighted by Gasteiger charge is -2.24. The maximum Gasteiger partial charge on any atom is 0.261 e. The Hall–Kier alpha value is -2.43. The number of nitrogens with one attached hydrogen (secondary N) is 1. The van der Waals surface area contributed by atoms with Crippen LogP contribution in [0.3, 0.4) is 0 Å². The number of carbonyl (C=O) groups is 1. The quantitative estimate of drug-likeness (QED) is 0.941. The fourth-order valence-corrected chi connectivity index (χ4v) is 2.58. The van der Waals surface area contributed by atoms with E-state index in [1.165, 1.54) is 0 Å². The summed E-state index contributed by atoms with van der Waals surface area (Å²) in [5.41, 5.74) is 1.09. The van der Waals surface area contributed by atoms with Gasteiger partial charge < -0.3 is 9.88 Å². The Labute approximate surface area is 129 Å². The highest BCUT2D eigenvalue weighted by Gasteiger charge is 2.33. The third kappa shape index (κ3) is 2.79. The van der Waals surface area contributed by atoms with Gasteiger partial charge >= 0.3 is 0 Å². The maximum absolute atomic E-state index is 12.5. The van der Waals surface area contributed by atoms with Gasteiger partial charge in [-0.2, -0.15) is 0 Å². The van der Waals surface area contributed by atoms with E-state index in [0.29, 0.717) is 17.3 Å². The molecule has 0 aromatic carbocycles. The molecule has 3 rings (SSSR count). The Balaban J connectivity index is 1.86. The van der Waals surface area contributed by atoms with E-state index >= 15 is 0 Å². The molecular weight excluding hydrogens is 278 g/mol. The molecule has 1 unspecified atom stereocenters. The van der Waals surface area contributed by atoms with Gasteiger partial charge in [-0.25, -0.2) is 0 Å². The van der Waals surface area contributed by atoms with Crippen molar-refractivity contribution in [1.29, 1.82) is 0 Å². The number of aromatic nitrogens is 2. The number of aromatic amines is 1. The van der Waals surface area contributed by atoms with Crippen molar-refractivity contribution >= 4 is 5.91 Å². The molecule has 1 saturated carbocycles. The predicted molar refractivity (Wildman–Crippen MR) is 84.6 cm³/mol. The molecule has 22 heavy (non-hydrogen) atoms. The molecule has 0 saturated heterocycles. The highest BCUT2D eigenvalue weighted by Crippen LogP contribution is 2.34. The van der Waals surface area contributed by atoms with Crippen LogP contribution in [0.5, 0.6) is 0 Å². The fraction of sp³-hybridized carbons (Fsp3) is 0.353. The summed E-state index contributed by atoms with van der Waals surface area (Å²) < 4.78 is 0. The molecule has 1 aliphatic carbocycles. The van der Waals surface area contributed by atoms with Crippen LogP contribution in [0.15, 0.2) is 41.3 Å². The zero-order chi connectivity index (χ0) is 15.7. The summed E-state index contributed by atoms with van der Waals surface area (Å²) in [5.74, 6) is 0.342. The molecule has 1 N–H and O–H groups in total. The van der Waals surface area contributed by atoms with Crippen molar-refractivity contribution in [2.75, 3.05) is 7.05 Å². The number of pyridine rings is 2. The number of hydrogen-bond donors (Lipinski definition) is 1. The van der Waals surface area contributed by atoms with Gasteiger partial charge in [-0.05, 0) is 49.9 Å². The summed E-state index contributed by atoms with van der Waals surface area (Å²) >= 11 is 0. The molecular formula is C17H19N3O2. The van der Waals surface area contributed by atoms with Gasteiger partial charge in [0.2, 0.25) is 0 Å². The van der Waals surface area contributed by atoms with E-state index in [1.807, 2.05) is 25.1 Å². The van der Waals surface area contributed by atoms with E-state index in [1.54, 1.807) is 30.3 Å². The summed E-state index contributed by atoms with van der Waals surface area (Å²) in [6.07, 6.45) is 3.99. The normalized spacial score (nSPS) is 15.4. The predicted octanol–water partition coefficient (Wildman–Crippen LogP) is 2.31. The molecule has 1 aliphatic rings. The van der Waals surface area contributed by atoms with E-state index in [4.69, 9.17) is 0 Å². The Morgan fingerprint density at radius 2 is 2.09 bits per heavy atom. The largest absolute Gasteiger partial charge is 0.339 e. The molecule has 1 atom stereocenters. The standard InChI is InChI=1S/C17H19N3O2/c1-11(12-6-7-12)20(2)17(22)13-8-9-15(19-16(13)21)14-5-3-4-10-18-14/h3-5,8-12H,6-7H2,1-2H3,(H,19,21). The van der Waals surface area contributed by atoms with E-state index in [-0.39, 0.29) is 23.1 Å². The van der Waals surface area contributed by atoms with Gasteiger partial charge in [0, 0.05) is 19.3 Å². The van der Waals surface area contributed by atoms with Crippen molar-refractivity contribution in [3.63, 3.8) is 0 Å². The van der Waals surface area contributed by atoms with Crippen LogP contribution in [-0.4, -0.2) is 33.9 Å². The first-order chi connectivity index (χ1) is 10.6. The molecule has 2 heterocycles. The fourth-order valence-electron chi connectivity index (χ4n) is 2.58. The van der Waals surface area contributed by atoms with Gasteiger partial charge in [-0.15, -0.1) is 0 Å². The van der Waals surface area contributed by atoms with Crippen LogP contribution in [0.4, 0.5) is 0 Å². The highest BCUT2D eigenvalue weighted by molar-refractivity contribution is 5.94. The van der Waals surface area contributed by atoms with Crippen LogP contribution >= 0.6 is 0 Å². The average molecular weight is 297 g/mol. The van der Waals surface area contributed by atoms with Crippen molar-refractivity contribution in [1.82, 2.24) is 14.9 Å². The summed E-state index contributed by atoms with van der Waals surface area (Å²) in [6.45, 7) is 2.03. The average Bonchev–Trinajstić information content (AvgIpc) is 3.38. The summed E-state index contributed by atoms with van der Waals surface area (Å²) in [4.78, 5) is 33.3. The van der Waals surface area contributed by atoms with E-state index in [0.717, 1.165) is 12.8 Å². The second kappa shape index (κ2) is 5.75. The molecule has 2 aromatic heterocycles. The highest BCUT2D eigenvalue weighted by atomic mass is 16.2. The van der Waals surface area contributed by atoms with E-state index < -0.39 is 0 Å². The second-order valence-corrected chi connectivity index (χ2v) is 5.82. The Morgan fingerprint density at radius 3 is 2.68 bits per heavy atom. The third-order valence-corrected chi connectivity index (χ3v) is 4.32. The smallest absolute Gasteiger partial charge is 0.261 e. The monoisotopic (exact) mass is 297 g/mol. The number of rotatable bonds is 4. The van der Waals surface area contributed by atoms with E-state index in [2.05, 4.69) is 9.97 Å². The number of carbonyl (C=O) groups excluding carboxylic acids is 1. The van der Waals surface area contributed by atoms with Crippen molar-refractivity contribution in [3.05, 3.63) is 52.4 Å². The summed E-state index contributed by atoms with van der Waals surface area (Å²) in [7, 11) is 1.76. The van der Waals surface area contributed by atoms with E-state index in [9.17, 15) is 9.59 Å². The summed E-state index contributed by atoms with van der Waals surface area (Å²) in [6, 6.07) is 8.96. The number of H-pyrrole nitrogens is 1. The number of nitrogens with zero attached hydrogens (tertiary/aromatic N) is 2. The minimum Gasteiger partial charge on any atom is -0.339 e. The van der Waals surface area contributed by atoms with Crippen LogP contribution in [0.25, 0.3) is 11.4 Å². The molecule has 0 spiro atoms. The number of amides is 1. The van der Waals surface area contributed by atoms with Crippen molar-refractivity contribution in [3.8, 4) is 11.4 Å². The van der Waals surface area contributed by atoms with Crippen molar-refractivity contribution in [2.24, 2.45) is 5.92 Å². The zero-order valence-corrected chi connectivity index (χ0v) is 12.7. The minimum atomic E-state index is -0.372. The molecule has 5 nitrogen and oxygen atoms in total. The van der Waals surface area contributed by atoms with Gasteiger partial charge in [-0.1, -0.05) is 6.07 Å². The van der Waals surface area contributed by atoms with Gasteiger partial charge in [-0.3, -0.25) is 14.6 Å². The van der Waals surface area contributed by atoms with Crippen LogP contribution in [0.1, 0.15) is 30.1 Å². The Kier molecular flexibility index (Phi) is 3.79. The molecule has 1 fully saturated rings. The molecule has 0 radical (unpaired) electrons. The Bertz CT molecular complexity index is 735. The first-order valence-corrected chi connectivity index (χ1v) is 7.50. The third-order valence-electron chi connectivity index (χ3n) is 4.32. The first-order valence-electron chi connectivity index (χ1n) is 7.50. The molecule has 2 aromatic rings. The lowest BCUT2D eigenvalue weighted by molar-refractivity contribution is 0.0725. The molecule has 114 valence electrons. The van der Waals surface area contributed by atoms with Gasteiger partial charge in [0.15, 0.2) is 0 Å². The molecule has 0 bridgehead atoms.